The third kappa shape index (κ3) is 3.85. The largest absolute Gasteiger partial charge is 0.346 e. The minimum absolute atomic E-state index is 0.00322. The molecule has 0 radical (unpaired) electrons. The average molecular weight is 378 g/mol. The molecule has 132 valence electrons. The summed E-state index contributed by atoms with van der Waals surface area (Å²) >= 11 is 7.32. The number of aryl methyl sites for hydroxylation is 1. The fourth-order valence-electron chi connectivity index (χ4n) is 2.80. The van der Waals surface area contributed by atoms with Crippen molar-refractivity contribution in [3.8, 4) is 0 Å². The molecule has 1 aromatic carbocycles. The Morgan fingerprint density at radius 1 is 1.36 bits per heavy atom. The molecule has 1 N–H and O–H groups in total. The predicted molar refractivity (Wildman–Crippen MR) is 101 cm³/mol. The second kappa shape index (κ2) is 7.14. The van der Waals surface area contributed by atoms with Crippen molar-refractivity contribution in [3.05, 3.63) is 44.9 Å². The number of hydrogen-bond donors (Lipinski definition) is 1. The summed E-state index contributed by atoms with van der Waals surface area (Å²) in [6.45, 7) is 6.41. The first-order valence-electron chi connectivity index (χ1n) is 8.19. The molecule has 1 aliphatic rings. The highest BCUT2D eigenvalue weighted by atomic mass is 35.5. The fourth-order valence-corrected chi connectivity index (χ4v) is 3.90. The third-order valence-electron chi connectivity index (χ3n) is 4.11. The summed E-state index contributed by atoms with van der Waals surface area (Å²) in [7, 11) is 0. The number of nitrogens with zero attached hydrogens (tertiary/aromatic N) is 2. The van der Waals surface area contributed by atoms with E-state index in [2.05, 4.69) is 24.1 Å². The molecular weight excluding hydrogens is 358 g/mol. The molecule has 25 heavy (non-hydrogen) atoms. The van der Waals surface area contributed by atoms with Crippen LogP contribution in [-0.4, -0.2) is 29.4 Å². The Hall–Kier alpha value is -1.92. The Labute approximate surface area is 156 Å². The number of amides is 2. The molecular formula is C18H20ClN3O2S. The molecule has 2 aromatic rings. The first-order valence-corrected chi connectivity index (χ1v) is 9.38. The lowest BCUT2D eigenvalue weighted by Crippen LogP contribution is -2.37. The quantitative estimate of drug-likeness (QED) is 0.882. The summed E-state index contributed by atoms with van der Waals surface area (Å²) in [6.07, 6.45) is 0.295. The van der Waals surface area contributed by atoms with Gasteiger partial charge >= 0.3 is 0 Å². The zero-order chi connectivity index (χ0) is 18.1. The van der Waals surface area contributed by atoms with Gasteiger partial charge in [0.1, 0.15) is 4.88 Å². The molecule has 1 fully saturated rings. The van der Waals surface area contributed by atoms with Crippen LogP contribution < -0.4 is 10.2 Å². The van der Waals surface area contributed by atoms with Gasteiger partial charge in [0.25, 0.3) is 5.91 Å². The van der Waals surface area contributed by atoms with E-state index in [1.165, 1.54) is 11.3 Å². The molecule has 1 saturated heterocycles. The zero-order valence-electron chi connectivity index (χ0n) is 14.4. The number of carbonyl (C=O) groups excluding carboxylic acids is 2. The van der Waals surface area contributed by atoms with Gasteiger partial charge in [-0.15, -0.1) is 11.3 Å². The molecule has 1 aromatic heterocycles. The lowest BCUT2D eigenvalue weighted by molar-refractivity contribution is -0.117. The van der Waals surface area contributed by atoms with Crippen molar-refractivity contribution < 1.29 is 9.59 Å². The SMILES string of the molecule is Cc1nc(C(C)C)sc1C(=O)N[C@H]1CC(=O)N(c2ccc(Cl)cc2)C1. The molecule has 0 bridgehead atoms. The second-order valence-corrected chi connectivity index (χ2v) is 7.94. The minimum Gasteiger partial charge on any atom is -0.346 e. The van der Waals surface area contributed by atoms with Crippen LogP contribution in [0.3, 0.4) is 0 Å². The predicted octanol–water partition coefficient (Wildman–Crippen LogP) is 3.76. The van der Waals surface area contributed by atoms with Crippen molar-refractivity contribution in [3.63, 3.8) is 0 Å². The average Bonchev–Trinajstić information content (AvgIpc) is 3.11. The van der Waals surface area contributed by atoms with Crippen molar-refractivity contribution in [2.75, 3.05) is 11.4 Å². The second-order valence-electron chi connectivity index (χ2n) is 6.48. The molecule has 1 atom stereocenters. The van der Waals surface area contributed by atoms with E-state index in [0.717, 1.165) is 16.4 Å². The molecule has 3 rings (SSSR count). The molecule has 0 aliphatic carbocycles. The van der Waals surface area contributed by atoms with Crippen LogP contribution in [0.5, 0.6) is 0 Å². The van der Waals surface area contributed by atoms with E-state index in [1.54, 1.807) is 17.0 Å². The van der Waals surface area contributed by atoms with Crippen molar-refractivity contribution in [2.45, 2.75) is 39.2 Å². The summed E-state index contributed by atoms with van der Waals surface area (Å²) in [5.74, 6) is 0.132. The van der Waals surface area contributed by atoms with Crippen LogP contribution in [0.15, 0.2) is 24.3 Å². The van der Waals surface area contributed by atoms with Crippen molar-refractivity contribution >= 4 is 40.4 Å². The van der Waals surface area contributed by atoms with Crippen LogP contribution >= 0.6 is 22.9 Å². The summed E-state index contributed by atoms with van der Waals surface area (Å²) in [5, 5.41) is 4.55. The maximum Gasteiger partial charge on any atom is 0.263 e. The first kappa shape index (κ1) is 17.9. The molecule has 0 unspecified atom stereocenters. The van der Waals surface area contributed by atoms with Crippen LogP contribution in [0.25, 0.3) is 0 Å². The smallest absolute Gasteiger partial charge is 0.263 e. The number of thiazole rings is 1. The number of hydrogen-bond acceptors (Lipinski definition) is 4. The van der Waals surface area contributed by atoms with Gasteiger partial charge in [-0.3, -0.25) is 9.59 Å². The lowest BCUT2D eigenvalue weighted by Gasteiger charge is -2.17. The number of nitrogens with one attached hydrogen (secondary N) is 1. The van der Waals surface area contributed by atoms with E-state index < -0.39 is 0 Å². The van der Waals surface area contributed by atoms with Gasteiger partial charge in [0.15, 0.2) is 0 Å². The highest BCUT2D eigenvalue weighted by Gasteiger charge is 2.32. The lowest BCUT2D eigenvalue weighted by atomic mass is 10.2. The molecule has 5 nitrogen and oxygen atoms in total. The number of carbonyl (C=O) groups is 2. The van der Waals surface area contributed by atoms with Gasteiger partial charge < -0.3 is 10.2 Å². The zero-order valence-corrected chi connectivity index (χ0v) is 15.9. The highest BCUT2D eigenvalue weighted by Crippen LogP contribution is 2.26. The Morgan fingerprint density at radius 2 is 2.04 bits per heavy atom. The van der Waals surface area contributed by atoms with E-state index in [-0.39, 0.29) is 17.9 Å². The van der Waals surface area contributed by atoms with E-state index >= 15 is 0 Å². The van der Waals surface area contributed by atoms with Gasteiger partial charge in [-0.25, -0.2) is 4.98 Å². The molecule has 7 heteroatoms. The first-order chi connectivity index (χ1) is 11.8. The summed E-state index contributed by atoms with van der Waals surface area (Å²) in [6, 6.07) is 6.92. The number of anilines is 1. The van der Waals surface area contributed by atoms with E-state index in [9.17, 15) is 9.59 Å². The van der Waals surface area contributed by atoms with Crippen LogP contribution in [0.4, 0.5) is 5.69 Å². The number of rotatable bonds is 4. The molecule has 2 heterocycles. The van der Waals surface area contributed by atoms with Gasteiger partial charge in [-0.2, -0.15) is 0 Å². The van der Waals surface area contributed by atoms with E-state index in [0.29, 0.717) is 28.8 Å². The normalized spacial score (nSPS) is 17.4. The third-order valence-corrected chi connectivity index (χ3v) is 5.82. The van der Waals surface area contributed by atoms with E-state index in [1.807, 2.05) is 19.1 Å². The topological polar surface area (TPSA) is 62.3 Å². The minimum atomic E-state index is -0.209. The Morgan fingerprint density at radius 3 is 2.64 bits per heavy atom. The van der Waals surface area contributed by atoms with E-state index in [4.69, 9.17) is 11.6 Å². The molecule has 0 spiro atoms. The molecule has 0 saturated carbocycles. The van der Waals surface area contributed by atoms with Gasteiger partial charge in [-0.05, 0) is 31.2 Å². The number of benzene rings is 1. The van der Waals surface area contributed by atoms with Crippen LogP contribution in [0.1, 0.15) is 46.6 Å². The van der Waals surface area contributed by atoms with Gasteiger partial charge in [-0.1, -0.05) is 25.4 Å². The number of halogens is 1. The van der Waals surface area contributed by atoms with Crippen molar-refractivity contribution in [1.82, 2.24) is 10.3 Å². The van der Waals surface area contributed by atoms with Crippen LogP contribution in [0.2, 0.25) is 5.02 Å². The summed E-state index contributed by atoms with van der Waals surface area (Å²) < 4.78 is 0. The molecule has 2 amide bonds. The van der Waals surface area contributed by atoms with Gasteiger partial charge in [0, 0.05) is 29.6 Å². The fraction of sp³-hybridized carbons (Fsp3) is 0.389. The maximum absolute atomic E-state index is 12.6. The Kier molecular flexibility index (Phi) is 5.11. The number of aromatic nitrogens is 1. The summed E-state index contributed by atoms with van der Waals surface area (Å²) in [5.41, 5.74) is 1.53. The standard InChI is InChI=1S/C18H20ClN3O2S/c1-10(2)18-20-11(3)16(25-18)17(24)21-13-8-15(23)22(9-13)14-6-4-12(19)5-7-14/h4-7,10,13H,8-9H2,1-3H3,(H,21,24)/t13-/m0/s1. The Balaban J connectivity index is 1.69. The highest BCUT2D eigenvalue weighted by molar-refractivity contribution is 7.13. The molecule has 1 aliphatic heterocycles. The van der Waals surface area contributed by atoms with Gasteiger partial charge in [0.2, 0.25) is 5.91 Å². The Bertz CT molecular complexity index is 801. The van der Waals surface area contributed by atoms with Gasteiger partial charge in [0.05, 0.1) is 16.7 Å². The monoisotopic (exact) mass is 377 g/mol. The maximum atomic E-state index is 12.6. The van der Waals surface area contributed by atoms with Crippen molar-refractivity contribution in [1.29, 1.82) is 0 Å². The van der Waals surface area contributed by atoms with Crippen LogP contribution in [-0.2, 0) is 4.79 Å². The summed E-state index contributed by atoms with van der Waals surface area (Å²) in [4.78, 5) is 31.6. The van der Waals surface area contributed by atoms with Crippen LogP contribution in [0, 0.1) is 6.92 Å². The van der Waals surface area contributed by atoms with Crippen molar-refractivity contribution in [2.24, 2.45) is 0 Å².